The smallest absolute Gasteiger partial charge is 0.0436 e. The molecule has 0 fully saturated rings. The van der Waals surface area contributed by atoms with Crippen LogP contribution in [-0.2, 0) is 19.5 Å². The second kappa shape index (κ2) is 5.58. The van der Waals surface area contributed by atoms with E-state index in [0.717, 1.165) is 24.0 Å². The van der Waals surface area contributed by atoms with Gasteiger partial charge in [0.2, 0.25) is 0 Å². The Kier molecular flexibility index (Phi) is 3.81. The molecule has 2 aromatic rings. The van der Waals surface area contributed by atoms with Crippen LogP contribution in [0.2, 0.25) is 0 Å². The van der Waals surface area contributed by atoms with Gasteiger partial charge in [-0.3, -0.25) is 0 Å². The van der Waals surface area contributed by atoms with E-state index in [0.29, 0.717) is 0 Å². The lowest BCUT2D eigenvalue weighted by atomic mass is 10.0. The molecule has 0 amide bonds. The fourth-order valence-corrected chi connectivity index (χ4v) is 3.20. The largest absolute Gasteiger partial charge is 0.363 e. The summed E-state index contributed by atoms with van der Waals surface area (Å²) in [4.78, 5) is 2.44. The third kappa shape index (κ3) is 2.74. The summed E-state index contributed by atoms with van der Waals surface area (Å²) in [6.07, 6.45) is 0.912. The maximum atomic E-state index is 5.98. The van der Waals surface area contributed by atoms with Gasteiger partial charge in [-0.2, -0.15) is 0 Å². The van der Waals surface area contributed by atoms with E-state index in [4.69, 9.17) is 5.73 Å². The van der Waals surface area contributed by atoms with Crippen molar-refractivity contribution in [2.75, 3.05) is 4.90 Å². The van der Waals surface area contributed by atoms with E-state index >= 15 is 0 Å². The molecule has 1 atom stereocenters. The zero-order valence-corrected chi connectivity index (χ0v) is 13.2. The summed E-state index contributed by atoms with van der Waals surface area (Å²) >= 11 is 3.59. The van der Waals surface area contributed by atoms with Gasteiger partial charge in [-0.15, -0.1) is 0 Å². The Morgan fingerprint density at radius 1 is 1.15 bits per heavy atom. The van der Waals surface area contributed by atoms with Crippen molar-refractivity contribution in [3.05, 3.63) is 63.6 Å². The normalized spacial score (nSPS) is 15.2. The summed E-state index contributed by atoms with van der Waals surface area (Å²) in [5.74, 6) is 0. The van der Waals surface area contributed by atoms with Crippen molar-refractivity contribution in [1.82, 2.24) is 0 Å². The Morgan fingerprint density at radius 3 is 2.40 bits per heavy atom. The second-order valence-corrected chi connectivity index (χ2v) is 6.49. The molecule has 1 aliphatic heterocycles. The highest BCUT2D eigenvalue weighted by molar-refractivity contribution is 9.10. The molecule has 1 heterocycles. The highest BCUT2D eigenvalue weighted by Crippen LogP contribution is 2.33. The monoisotopic (exact) mass is 330 g/mol. The minimum absolute atomic E-state index is 0.180. The van der Waals surface area contributed by atoms with E-state index in [1.54, 1.807) is 0 Å². The van der Waals surface area contributed by atoms with Gasteiger partial charge in [-0.1, -0.05) is 46.3 Å². The molecule has 0 spiro atoms. The Bertz CT molecular complexity index is 597. The number of nitrogens with two attached hydrogens (primary N) is 1. The zero-order chi connectivity index (χ0) is 14.1. The third-order valence-electron chi connectivity index (χ3n) is 3.77. The molecule has 0 aliphatic carbocycles. The van der Waals surface area contributed by atoms with Crippen molar-refractivity contribution in [3.8, 4) is 0 Å². The number of rotatable bonds is 3. The first-order valence-corrected chi connectivity index (χ1v) is 7.78. The highest BCUT2D eigenvalue weighted by atomic mass is 79.9. The molecule has 2 aromatic carbocycles. The maximum Gasteiger partial charge on any atom is 0.0436 e. The Labute approximate surface area is 128 Å². The van der Waals surface area contributed by atoms with Crippen LogP contribution in [0.3, 0.4) is 0 Å². The molecule has 3 rings (SSSR count). The number of anilines is 1. The Hall–Kier alpha value is -1.32. The Balaban J connectivity index is 1.93. The van der Waals surface area contributed by atoms with Crippen molar-refractivity contribution in [1.29, 1.82) is 0 Å². The number of halogens is 1. The summed E-state index contributed by atoms with van der Waals surface area (Å²) in [5, 5.41) is 0. The predicted molar refractivity (Wildman–Crippen MR) is 87.8 cm³/mol. The van der Waals surface area contributed by atoms with Crippen molar-refractivity contribution in [2.24, 2.45) is 5.73 Å². The third-order valence-corrected chi connectivity index (χ3v) is 4.26. The number of benzene rings is 2. The van der Waals surface area contributed by atoms with Gasteiger partial charge in [-0.05, 0) is 42.2 Å². The minimum Gasteiger partial charge on any atom is -0.363 e. The van der Waals surface area contributed by atoms with Crippen LogP contribution in [0, 0.1) is 0 Å². The van der Waals surface area contributed by atoms with Crippen molar-refractivity contribution < 1.29 is 0 Å². The maximum absolute atomic E-state index is 5.98. The molecule has 2 N–H and O–H groups in total. The first kappa shape index (κ1) is 13.7. The van der Waals surface area contributed by atoms with Gasteiger partial charge in [0.15, 0.2) is 0 Å². The summed E-state index contributed by atoms with van der Waals surface area (Å²) < 4.78 is 1.12. The molecule has 0 radical (unpaired) electrons. The molecular weight excluding hydrogens is 312 g/mol. The number of hydrogen-bond donors (Lipinski definition) is 1. The van der Waals surface area contributed by atoms with Gasteiger partial charge in [-0.25, -0.2) is 0 Å². The zero-order valence-electron chi connectivity index (χ0n) is 11.6. The standard InChI is InChI=1S/C17H19BrN2/c1-12(19)8-13-6-7-16(18)9-17(13)20-10-14-4-2-3-5-15(14)11-20/h2-7,9,12H,8,10-11,19H2,1H3. The molecule has 0 saturated carbocycles. The van der Waals surface area contributed by atoms with Crippen LogP contribution in [0.25, 0.3) is 0 Å². The summed E-state index contributed by atoms with van der Waals surface area (Å²) in [6, 6.07) is 15.4. The van der Waals surface area contributed by atoms with Gasteiger partial charge in [0.25, 0.3) is 0 Å². The molecule has 2 nitrogen and oxygen atoms in total. The molecular formula is C17H19BrN2. The van der Waals surface area contributed by atoms with Crippen LogP contribution < -0.4 is 10.6 Å². The molecule has 1 aliphatic rings. The van der Waals surface area contributed by atoms with Crippen molar-refractivity contribution >= 4 is 21.6 Å². The topological polar surface area (TPSA) is 29.3 Å². The molecule has 1 unspecified atom stereocenters. The first-order chi connectivity index (χ1) is 9.63. The number of nitrogens with zero attached hydrogens (tertiary/aromatic N) is 1. The van der Waals surface area contributed by atoms with E-state index in [9.17, 15) is 0 Å². The molecule has 104 valence electrons. The molecule has 0 saturated heterocycles. The number of fused-ring (bicyclic) bond motifs is 1. The predicted octanol–water partition coefficient (Wildman–Crippen LogP) is 3.86. The minimum atomic E-state index is 0.180. The van der Waals surface area contributed by atoms with Crippen LogP contribution in [-0.4, -0.2) is 6.04 Å². The van der Waals surface area contributed by atoms with Crippen LogP contribution in [0.5, 0.6) is 0 Å². The average Bonchev–Trinajstić information content (AvgIpc) is 2.84. The molecule has 0 bridgehead atoms. The van der Waals surface area contributed by atoms with Crippen molar-refractivity contribution in [2.45, 2.75) is 32.5 Å². The van der Waals surface area contributed by atoms with Crippen LogP contribution >= 0.6 is 15.9 Å². The van der Waals surface area contributed by atoms with E-state index < -0.39 is 0 Å². The van der Waals surface area contributed by atoms with E-state index in [-0.39, 0.29) is 6.04 Å². The van der Waals surface area contributed by atoms with Crippen LogP contribution in [0.4, 0.5) is 5.69 Å². The molecule has 0 aromatic heterocycles. The lowest BCUT2D eigenvalue weighted by Crippen LogP contribution is -2.21. The van der Waals surface area contributed by atoms with E-state index in [1.165, 1.54) is 22.4 Å². The van der Waals surface area contributed by atoms with Crippen LogP contribution in [0.15, 0.2) is 46.9 Å². The van der Waals surface area contributed by atoms with Gasteiger partial charge in [0, 0.05) is 29.3 Å². The fourth-order valence-electron chi connectivity index (χ4n) is 2.85. The lowest BCUT2D eigenvalue weighted by molar-refractivity contribution is 0.732. The molecule has 20 heavy (non-hydrogen) atoms. The second-order valence-electron chi connectivity index (χ2n) is 5.58. The van der Waals surface area contributed by atoms with Gasteiger partial charge in [0.05, 0.1) is 0 Å². The molecule has 3 heteroatoms. The lowest BCUT2D eigenvalue weighted by Gasteiger charge is -2.23. The summed E-state index contributed by atoms with van der Waals surface area (Å²) in [5.41, 5.74) is 11.5. The highest BCUT2D eigenvalue weighted by Gasteiger charge is 2.21. The van der Waals surface area contributed by atoms with Gasteiger partial charge in [0.1, 0.15) is 0 Å². The quantitative estimate of drug-likeness (QED) is 0.925. The first-order valence-electron chi connectivity index (χ1n) is 6.99. The van der Waals surface area contributed by atoms with E-state index in [1.807, 2.05) is 0 Å². The number of hydrogen-bond acceptors (Lipinski definition) is 2. The van der Waals surface area contributed by atoms with E-state index in [2.05, 4.69) is 70.2 Å². The average molecular weight is 331 g/mol. The summed E-state index contributed by atoms with van der Waals surface area (Å²) in [7, 11) is 0. The van der Waals surface area contributed by atoms with Crippen molar-refractivity contribution in [3.63, 3.8) is 0 Å². The fraction of sp³-hybridized carbons (Fsp3) is 0.294. The van der Waals surface area contributed by atoms with Gasteiger partial charge < -0.3 is 10.6 Å². The Morgan fingerprint density at radius 2 is 1.80 bits per heavy atom. The SMILES string of the molecule is CC(N)Cc1ccc(Br)cc1N1Cc2ccccc2C1. The van der Waals surface area contributed by atoms with Gasteiger partial charge >= 0.3 is 0 Å². The van der Waals surface area contributed by atoms with Crippen LogP contribution in [0.1, 0.15) is 23.6 Å². The summed E-state index contributed by atoms with van der Waals surface area (Å²) in [6.45, 7) is 4.03.